The van der Waals surface area contributed by atoms with Gasteiger partial charge in [0.25, 0.3) is 0 Å². The average Bonchev–Trinajstić information content (AvgIpc) is 2.66. The molecular weight excluding hydrogens is 340 g/mol. The average molecular weight is 367 g/mol. The minimum absolute atomic E-state index is 0.0581. The fourth-order valence-corrected chi connectivity index (χ4v) is 4.00. The second-order valence-electron chi connectivity index (χ2n) is 7.37. The Balaban J connectivity index is 1.33. The van der Waals surface area contributed by atoms with Crippen molar-refractivity contribution in [2.45, 2.75) is 50.9 Å². The van der Waals surface area contributed by atoms with E-state index in [1.54, 1.807) is 6.07 Å². The van der Waals surface area contributed by atoms with E-state index in [0.717, 1.165) is 51.0 Å². The number of halogens is 2. The molecule has 144 valence electrons. The minimum atomic E-state index is -0.527. The third kappa shape index (κ3) is 5.24. The van der Waals surface area contributed by atoms with Crippen LogP contribution in [0, 0.1) is 23.5 Å². The lowest BCUT2D eigenvalue weighted by molar-refractivity contribution is -0.159. The molecule has 0 amide bonds. The zero-order valence-electron chi connectivity index (χ0n) is 15.0. The summed E-state index contributed by atoms with van der Waals surface area (Å²) in [6.45, 7) is 1.88. The highest BCUT2D eigenvalue weighted by Crippen LogP contribution is 2.37. The smallest absolute Gasteiger partial charge is 0.327 e. The highest BCUT2D eigenvalue weighted by molar-refractivity contribution is 5.72. The summed E-state index contributed by atoms with van der Waals surface area (Å²) in [6, 6.07) is 3.88. The van der Waals surface area contributed by atoms with Gasteiger partial charge in [-0.25, -0.2) is 8.78 Å². The van der Waals surface area contributed by atoms with Gasteiger partial charge in [-0.1, -0.05) is 6.07 Å². The number of hydrogen-bond donors (Lipinski definition) is 1. The van der Waals surface area contributed by atoms with E-state index in [4.69, 9.17) is 9.57 Å². The first-order chi connectivity index (χ1) is 12.6. The first kappa shape index (κ1) is 19.2. The Morgan fingerprint density at radius 2 is 1.85 bits per heavy atom. The summed E-state index contributed by atoms with van der Waals surface area (Å²) in [5.74, 6) is -0.493. The Morgan fingerprint density at radius 3 is 2.54 bits per heavy atom. The Bertz CT molecular complexity index is 597. The monoisotopic (exact) mass is 367 g/mol. The van der Waals surface area contributed by atoms with E-state index in [2.05, 4.69) is 5.48 Å². The molecule has 4 nitrogen and oxygen atoms in total. The molecule has 0 aromatic heterocycles. The van der Waals surface area contributed by atoms with E-state index >= 15 is 0 Å². The quantitative estimate of drug-likeness (QED) is 0.607. The Hall–Kier alpha value is -1.53. The van der Waals surface area contributed by atoms with Crippen molar-refractivity contribution in [1.29, 1.82) is 0 Å². The van der Waals surface area contributed by atoms with E-state index in [1.807, 2.05) is 0 Å². The maximum atomic E-state index is 13.9. The van der Waals surface area contributed by atoms with Gasteiger partial charge in [0.2, 0.25) is 0 Å². The highest BCUT2D eigenvalue weighted by atomic mass is 19.1. The van der Waals surface area contributed by atoms with Crippen LogP contribution in [0.5, 0.6) is 0 Å². The third-order valence-corrected chi connectivity index (χ3v) is 5.63. The summed E-state index contributed by atoms with van der Waals surface area (Å²) >= 11 is 0. The van der Waals surface area contributed by atoms with Gasteiger partial charge in [0.1, 0.15) is 11.6 Å². The Labute approximate surface area is 153 Å². The van der Waals surface area contributed by atoms with Crippen molar-refractivity contribution in [3.8, 4) is 0 Å². The molecule has 26 heavy (non-hydrogen) atoms. The summed E-state index contributed by atoms with van der Waals surface area (Å²) < 4.78 is 32.2. The van der Waals surface area contributed by atoms with Crippen LogP contribution in [0.15, 0.2) is 18.2 Å². The highest BCUT2D eigenvalue weighted by Gasteiger charge is 2.25. The zero-order valence-corrected chi connectivity index (χ0v) is 15.0. The molecule has 1 aromatic carbocycles. The van der Waals surface area contributed by atoms with Crippen molar-refractivity contribution in [2.24, 2.45) is 11.8 Å². The van der Waals surface area contributed by atoms with Crippen molar-refractivity contribution in [3.63, 3.8) is 0 Å². The molecule has 0 unspecified atom stereocenters. The summed E-state index contributed by atoms with van der Waals surface area (Å²) in [4.78, 5) is 17.1. The molecule has 2 aliphatic rings. The Morgan fingerprint density at radius 1 is 1.12 bits per heavy atom. The summed E-state index contributed by atoms with van der Waals surface area (Å²) in [5.41, 5.74) is 3.43. The van der Waals surface area contributed by atoms with E-state index < -0.39 is 11.6 Å². The predicted molar refractivity (Wildman–Crippen MR) is 93.3 cm³/mol. The molecule has 1 N–H and O–H groups in total. The number of benzene rings is 1. The number of ether oxygens (including phenoxy) is 1. The van der Waals surface area contributed by atoms with Crippen molar-refractivity contribution >= 4 is 5.97 Å². The largest absolute Gasteiger partial charge is 0.381 e. The van der Waals surface area contributed by atoms with Gasteiger partial charge >= 0.3 is 5.97 Å². The Kier molecular flexibility index (Phi) is 6.97. The standard InChI is InChI=1S/C20H27F2NO3/c21-17-5-6-18(19(22)13-17)15-3-1-14(2-4-15)7-10-23-26-20(24)16-8-11-25-12-9-16/h5-6,13-16,23H,1-4,7-12H2. The molecule has 1 heterocycles. The van der Waals surface area contributed by atoms with Gasteiger partial charge in [0.15, 0.2) is 0 Å². The SMILES string of the molecule is O=C(ONCCC1CCC(c2ccc(F)cc2F)CC1)C1CCOCC1. The minimum Gasteiger partial charge on any atom is -0.381 e. The fourth-order valence-electron chi connectivity index (χ4n) is 4.00. The lowest BCUT2D eigenvalue weighted by atomic mass is 9.77. The van der Waals surface area contributed by atoms with Crippen molar-refractivity contribution in [1.82, 2.24) is 5.48 Å². The van der Waals surface area contributed by atoms with Crippen LogP contribution in [-0.4, -0.2) is 25.7 Å². The molecule has 3 rings (SSSR count). The molecule has 6 heteroatoms. The van der Waals surface area contributed by atoms with Crippen LogP contribution in [0.25, 0.3) is 0 Å². The maximum Gasteiger partial charge on any atom is 0.327 e. The molecule has 1 aliphatic heterocycles. The van der Waals surface area contributed by atoms with Gasteiger partial charge in [-0.3, -0.25) is 4.79 Å². The maximum absolute atomic E-state index is 13.9. The van der Waals surface area contributed by atoms with Crippen LogP contribution in [0.4, 0.5) is 8.78 Å². The lowest BCUT2D eigenvalue weighted by Gasteiger charge is -2.29. The molecule has 0 atom stereocenters. The first-order valence-corrected chi connectivity index (χ1v) is 9.59. The topological polar surface area (TPSA) is 47.6 Å². The molecule has 1 aliphatic carbocycles. The molecule has 0 bridgehead atoms. The van der Waals surface area contributed by atoms with E-state index in [-0.39, 0.29) is 17.8 Å². The molecule has 1 aromatic rings. The molecular formula is C20H27F2NO3. The summed E-state index contributed by atoms with van der Waals surface area (Å²) in [5, 5.41) is 0. The number of hydroxylamine groups is 1. The van der Waals surface area contributed by atoms with E-state index in [9.17, 15) is 13.6 Å². The number of carbonyl (C=O) groups is 1. The first-order valence-electron chi connectivity index (χ1n) is 9.59. The van der Waals surface area contributed by atoms with Crippen LogP contribution >= 0.6 is 0 Å². The summed E-state index contributed by atoms with van der Waals surface area (Å²) in [6.07, 6.45) is 6.23. The van der Waals surface area contributed by atoms with Crippen LogP contribution < -0.4 is 5.48 Å². The number of hydrogen-bond acceptors (Lipinski definition) is 4. The molecule has 1 saturated carbocycles. The summed E-state index contributed by atoms with van der Waals surface area (Å²) in [7, 11) is 0. The second-order valence-corrected chi connectivity index (χ2v) is 7.37. The van der Waals surface area contributed by atoms with Gasteiger partial charge in [0.05, 0.1) is 5.92 Å². The predicted octanol–water partition coefficient (Wildman–Crippen LogP) is 4.10. The van der Waals surface area contributed by atoms with Crippen LogP contribution in [0.1, 0.15) is 56.4 Å². The van der Waals surface area contributed by atoms with Crippen molar-refractivity contribution in [2.75, 3.05) is 19.8 Å². The fraction of sp³-hybridized carbons (Fsp3) is 0.650. The molecule has 2 fully saturated rings. The van der Waals surface area contributed by atoms with Gasteiger partial charge in [0, 0.05) is 25.8 Å². The zero-order chi connectivity index (χ0) is 18.4. The lowest BCUT2D eigenvalue weighted by Crippen LogP contribution is -2.31. The number of carbonyl (C=O) groups excluding carboxylic acids is 1. The van der Waals surface area contributed by atoms with Gasteiger partial charge in [-0.2, -0.15) is 5.48 Å². The van der Waals surface area contributed by atoms with Crippen LogP contribution in [-0.2, 0) is 14.4 Å². The van der Waals surface area contributed by atoms with Gasteiger partial charge in [-0.15, -0.1) is 0 Å². The molecule has 0 radical (unpaired) electrons. The van der Waals surface area contributed by atoms with Crippen molar-refractivity contribution in [3.05, 3.63) is 35.4 Å². The van der Waals surface area contributed by atoms with Gasteiger partial charge in [-0.05, 0) is 68.4 Å². The van der Waals surface area contributed by atoms with Crippen LogP contribution in [0.2, 0.25) is 0 Å². The normalized spacial score (nSPS) is 24.4. The number of nitrogens with one attached hydrogen (secondary N) is 1. The second kappa shape index (κ2) is 9.42. The van der Waals surface area contributed by atoms with E-state index in [0.29, 0.717) is 31.2 Å². The van der Waals surface area contributed by atoms with Crippen LogP contribution in [0.3, 0.4) is 0 Å². The van der Waals surface area contributed by atoms with Gasteiger partial charge < -0.3 is 9.57 Å². The van der Waals surface area contributed by atoms with Crippen molar-refractivity contribution < 1.29 is 23.1 Å². The van der Waals surface area contributed by atoms with E-state index in [1.165, 1.54) is 6.07 Å². The molecule has 1 saturated heterocycles. The molecule has 0 spiro atoms. The third-order valence-electron chi connectivity index (χ3n) is 5.63. The number of rotatable bonds is 6.